The molecule has 0 atom stereocenters. The second kappa shape index (κ2) is 6.22. The van der Waals surface area contributed by atoms with Gasteiger partial charge in [0.1, 0.15) is 0 Å². The lowest BCUT2D eigenvalue weighted by atomic mass is 10.2. The predicted octanol–water partition coefficient (Wildman–Crippen LogP) is 0.184. The smallest absolute Gasteiger partial charge is 0.316 e. The third-order valence-electron chi connectivity index (χ3n) is 1.14. The lowest BCUT2D eigenvalue weighted by molar-refractivity contribution is -0.164. The first-order valence-electron chi connectivity index (χ1n) is 3.70. The maximum Gasteiger partial charge on any atom is 0.316 e. The van der Waals surface area contributed by atoms with Crippen molar-refractivity contribution in [3.8, 4) is 0 Å². The topological polar surface area (TPSA) is 43.4 Å². The highest BCUT2D eigenvalue weighted by molar-refractivity contribution is 5.87. The van der Waals surface area contributed by atoms with E-state index in [0.717, 1.165) is 0 Å². The SMILES string of the molecule is CC(C)C(=O)OC(=O)C(C)C.[AlH3]. The summed E-state index contributed by atoms with van der Waals surface area (Å²) in [6.45, 7) is 6.76. The van der Waals surface area contributed by atoms with E-state index < -0.39 is 11.9 Å². The molecule has 0 aromatic carbocycles. The second-order valence-corrected chi connectivity index (χ2v) is 3.05. The number of rotatable bonds is 2. The van der Waals surface area contributed by atoms with E-state index in [9.17, 15) is 9.59 Å². The maximum atomic E-state index is 10.8. The van der Waals surface area contributed by atoms with Gasteiger partial charge in [0.2, 0.25) is 0 Å². The molecule has 0 saturated carbocycles. The molecular formula is C8H17AlO3. The third-order valence-corrected chi connectivity index (χ3v) is 1.14. The highest BCUT2D eigenvalue weighted by Gasteiger charge is 2.16. The van der Waals surface area contributed by atoms with Gasteiger partial charge in [-0.1, -0.05) is 27.7 Å². The predicted molar refractivity (Wildman–Crippen MR) is 50.7 cm³/mol. The van der Waals surface area contributed by atoms with Crippen LogP contribution in [0.4, 0.5) is 0 Å². The van der Waals surface area contributed by atoms with Gasteiger partial charge in [0.05, 0.1) is 11.8 Å². The van der Waals surface area contributed by atoms with Crippen molar-refractivity contribution in [2.45, 2.75) is 27.7 Å². The van der Waals surface area contributed by atoms with Gasteiger partial charge in [0.25, 0.3) is 0 Å². The van der Waals surface area contributed by atoms with Crippen molar-refractivity contribution >= 4 is 29.3 Å². The summed E-state index contributed by atoms with van der Waals surface area (Å²) in [7, 11) is 0. The van der Waals surface area contributed by atoms with Gasteiger partial charge in [-0.3, -0.25) is 9.59 Å². The Morgan fingerprint density at radius 3 is 1.33 bits per heavy atom. The van der Waals surface area contributed by atoms with Crippen LogP contribution < -0.4 is 0 Å². The fourth-order valence-corrected chi connectivity index (χ4v) is 0.335. The van der Waals surface area contributed by atoms with Gasteiger partial charge in [-0.25, -0.2) is 0 Å². The Morgan fingerprint density at radius 2 is 1.17 bits per heavy atom. The first-order valence-corrected chi connectivity index (χ1v) is 3.70. The van der Waals surface area contributed by atoms with Crippen molar-refractivity contribution in [2.75, 3.05) is 0 Å². The van der Waals surface area contributed by atoms with Gasteiger partial charge >= 0.3 is 11.9 Å². The Balaban J connectivity index is 0. The molecule has 0 aromatic heterocycles. The van der Waals surface area contributed by atoms with Crippen LogP contribution in [0.5, 0.6) is 0 Å². The average molecular weight is 188 g/mol. The summed E-state index contributed by atoms with van der Waals surface area (Å²) in [5.74, 6) is -1.39. The van der Waals surface area contributed by atoms with E-state index in [2.05, 4.69) is 4.74 Å². The molecule has 0 aromatic rings. The number of ether oxygens (including phenoxy) is 1. The highest BCUT2D eigenvalue weighted by atomic mass is 27.0. The van der Waals surface area contributed by atoms with Crippen LogP contribution in [-0.2, 0) is 14.3 Å². The molecule has 0 N–H and O–H groups in total. The summed E-state index contributed by atoms with van der Waals surface area (Å²) in [6, 6.07) is 0. The van der Waals surface area contributed by atoms with E-state index in [-0.39, 0.29) is 29.2 Å². The van der Waals surface area contributed by atoms with Crippen molar-refractivity contribution in [2.24, 2.45) is 11.8 Å². The monoisotopic (exact) mass is 188 g/mol. The zero-order valence-electron chi connectivity index (χ0n) is 7.38. The van der Waals surface area contributed by atoms with Crippen LogP contribution in [0.15, 0.2) is 0 Å². The van der Waals surface area contributed by atoms with Crippen LogP contribution >= 0.6 is 0 Å². The van der Waals surface area contributed by atoms with Gasteiger partial charge in [-0.15, -0.1) is 0 Å². The Bertz CT molecular complexity index is 146. The van der Waals surface area contributed by atoms with Crippen molar-refractivity contribution < 1.29 is 14.3 Å². The summed E-state index contributed by atoms with van der Waals surface area (Å²) in [5.41, 5.74) is 0. The van der Waals surface area contributed by atoms with E-state index in [4.69, 9.17) is 0 Å². The molecule has 0 unspecified atom stereocenters. The van der Waals surface area contributed by atoms with Gasteiger partial charge in [-0.2, -0.15) is 0 Å². The molecule has 4 heteroatoms. The van der Waals surface area contributed by atoms with Gasteiger partial charge in [0.15, 0.2) is 17.4 Å². The molecule has 0 aliphatic heterocycles. The summed E-state index contributed by atoms with van der Waals surface area (Å²) < 4.78 is 4.50. The fraction of sp³-hybridized carbons (Fsp3) is 0.750. The van der Waals surface area contributed by atoms with Gasteiger partial charge < -0.3 is 4.74 Å². The minimum Gasteiger partial charge on any atom is -0.393 e. The second-order valence-electron chi connectivity index (χ2n) is 3.05. The van der Waals surface area contributed by atoms with Crippen molar-refractivity contribution in [1.29, 1.82) is 0 Å². The molecule has 0 rings (SSSR count). The van der Waals surface area contributed by atoms with Crippen molar-refractivity contribution in [1.82, 2.24) is 0 Å². The van der Waals surface area contributed by atoms with Crippen molar-refractivity contribution in [3.05, 3.63) is 0 Å². The summed E-state index contributed by atoms with van der Waals surface area (Å²) in [6.07, 6.45) is 0. The molecule has 3 nitrogen and oxygen atoms in total. The third kappa shape index (κ3) is 5.34. The largest absolute Gasteiger partial charge is 0.393 e. The zero-order chi connectivity index (χ0) is 9.02. The van der Waals surface area contributed by atoms with Crippen LogP contribution in [-0.4, -0.2) is 29.3 Å². The molecule has 0 amide bonds. The number of hydrogen-bond donors (Lipinski definition) is 0. The van der Waals surface area contributed by atoms with E-state index in [1.807, 2.05) is 0 Å². The molecule has 12 heavy (non-hydrogen) atoms. The molecule has 0 radical (unpaired) electrons. The van der Waals surface area contributed by atoms with Crippen LogP contribution in [0.25, 0.3) is 0 Å². The molecule has 0 heterocycles. The zero-order valence-corrected chi connectivity index (χ0v) is 7.38. The quantitative estimate of drug-likeness (QED) is 0.353. The standard InChI is InChI=1S/C8H14O3.Al.3H/c1-5(2)7(9)11-8(10)6(3)4;;;;/h5-6H,1-4H3;;;;. The maximum absolute atomic E-state index is 10.8. The molecule has 0 aliphatic rings. The number of carbonyl (C=O) groups excluding carboxylic acids is 2. The van der Waals surface area contributed by atoms with Crippen LogP contribution in [0, 0.1) is 11.8 Å². The summed E-state index contributed by atoms with van der Waals surface area (Å²) in [5, 5.41) is 0. The van der Waals surface area contributed by atoms with Crippen LogP contribution in [0.2, 0.25) is 0 Å². The van der Waals surface area contributed by atoms with Crippen LogP contribution in [0.1, 0.15) is 27.7 Å². The highest BCUT2D eigenvalue weighted by Crippen LogP contribution is 2.01. The minimum absolute atomic E-state index is 0. The van der Waals surface area contributed by atoms with Crippen LogP contribution in [0.3, 0.4) is 0 Å². The van der Waals surface area contributed by atoms with E-state index in [1.165, 1.54) is 0 Å². The number of esters is 2. The molecule has 0 spiro atoms. The Labute approximate surface area is 83.6 Å². The molecule has 0 saturated heterocycles. The fourth-order valence-electron chi connectivity index (χ4n) is 0.335. The Hall–Kier alpha value is -0.328. The first kappa shape index (κ1) is 14.2. The lowest BCUT2D eigenvalue weighted by Gasteiger charge is -2.06. The number of hydrogen-bond acceptors (Lipinski definition) is 3. The van der Waals surface area contributed by atoms with E-state index in [1.54, 1.807) is 27.7 Å². The normalized spacial score (nSPS) is 9.50. The first-order chi connectivity index (χ1) is 4.95. The summed E-state index contributed by atoms with van der Waals surface area (Å²) in [4.78, 5) is 21.6. The molecule has 0 bridgehead atoms. The van der Waals surface area contributed by atoms with E-state index in [0.29, 0.717) is 0 Å². The minimum atomic E-state index is -0.455. The molecular weight excluding hydrogens is 171 g/mol. The summed E-state index contributed by atoms with van der Waals surface area (Å²) >= 11 is 0. The van der Waals surface area contributed by atoms with Crippen molar-refractivity contribution in [3.63, 3.8) is 0 Å². The van der Waals surface area contributed by atoms with Gasteiger partial charge in [0, 0.05) is 0 Å². The Kier molecular flexibility index (Phi) is 7.36. The molecule has 0 fully saturated rings. The molecule has 70 valence electrons. The van der Waals surface area contributed by atoms with E-state index >= 15 is 0 Å². The van der Waals surface area contributed by atoms with Gasteiger partial charge in [-0.05, 0) is 0 Å². The molecule has 0 aliphatic carbocycles. The lowest BCUT2D eigenvalue weighted by Crippen LogP contribution is -2.20. The Morgan fingerprint density at radius 1 is 0.917 bits per heavy atom. The average Bonchev–Trinajstić information content (AvgIpc) is 1.87. The number of carbonyl (C=O) groups is 2.